The lowest BCUT2D eigenvalue weighted by Crippen LogP contribution is -2.31. The van der Waals surface area contributed by atoms with Crippen molar-refractivity contribution in [2.24, 2.45) is 5.73 Å². The Balaban J connectivity index is 3.44. The fourth-order valence-corrected chi connectivity index (χ4v) is 1.48. The second kappa shape index (κ2) is 7.51. The van der Waals surface area contributed by atoms with Gasteiger partial charge in [0.05, 0.1) is 0 Å². The van der Waals surface area contributed by atoms with E-state index in [1.54, 1.807) is 0 Å². The number of primary amides is 1. The maximum absolute atomic E-state index is 10.6. The molecule has 0 aliphatic heterocycles. The van der Waals surface area contributed by atoms with E-state index in [1.807, 2.05) is 13.8 Å². The summed E-state index contributed by atoms with van der Waals surface area (Å²) in [5, 5.41) is 3.27. The summed E-state index contributed by atoms with van der Waals surface area (Å²) in [5.41, 5.74) is 4.55. The van der Waals surface area contributed by atoms with Gasteiger partial charge in [0.2, 0.25) is 0 Å². The molecule has 0 spiro atoms. The van der Waals surface area contributed by atoms with Gasteiger partial charge in [0.1, 0.15) is 5.60 Å². The Bertz CT molecular complexity index is 181. The molecular formula is C11H24N2O2. The lowest BCUT2D eigenvalue weighted by Gasteiger charge is -2.23. The second-order valence-corrected chi connectivity index (χ2v) is 4.35. The van der Waals surface area contributed by atoms with Crippen LogP contribution in [0.25, 0.3) is 0 Å². The first-order valence-corrected chi connectivity index (χ1v) is 5.67. The van der Waals surface area contributed by atoms with Crippen molar-refractivity contribution in [1.82, 2.24) is 5.32 Å². The van der Waals surface area contributed by atoms with Crippen LogP contribution in [0.3, 0.4) is 0 Å². The Morgan fingerprint density at radius 1 is 1.33 bits per heavy atom. The Hall–Kier alpha value is -0.770. The van der Waals surface area contributed by atoms with Gasteiger partial charge in [0.15, 0.2) is 0 Å². The molecule has 15 heavy (non-hydrogen) atoms. The summed E-state index contributed by atoms with van der Waals surface area (Å²) < 4.78 is 4.99. The lowest BCUT2D eigenvalue weighted by molar-refractivity contribution is 0.0372. The first-order chi connectivity index (χ1) is 6.98. The number of amides is 1. The third-order valence-corrected chi connectivity index (χ3v) is 2.26. The van der Waals surface area contributed by atoms with Gasteiger partial charge in [0.25, 0.3) is 0 Å². The molecular weight excluding hydrogens is 192 g/mol. The highest BCUT2D eigenvalue weighted by Crippen LogP contribution is 2.18. The highest BCUT2D eigenvalue weighted by atomic mass is 16.6. The molecule has 0 saturated carbocycles. The molecule has 90 valence electrons. The number of nitrogens with two attached hydrogens (primary N) is 1. The van der Waals surface area contributed by atoms with Crippen molar-refractivity contribution in [2.45, 2.75) is 52.1 Å². The molecule has 0 saturated heterocycles. The number of ether oxygens (including phenoxy) is 1. The molecule has 0 aromatic carbocycles. The molecule has 4 heteroatoms. The molecule has 0 atom stereocenters. The Morgan fingerprint density at radius 2 is 2.00 bits per heavy atom. The van der Waals surface area contributed by atoms with Crippen molar-refractivity contribution in [1.29, 1.82) is 0 Å². The predicted octanol–water partition coefficient (Wildman–Crippen LogP) is 2.03. The van der Waals surface area contributed by atoms with Gasteiger partial charge in [-0.3, -0.25) is 0 Å². The van der Waals surface area contributed by atoms with Gasteiger partial charge in [-0.1, -0.05) is 13.3 Å². The smallest absolute Gasteiger partial charge is 0.405 e. The van der Waals surface area contributed by atoms with E-state index in [2.05, 4.69) is 12.2 Å². The standard InChI is InChI=1S/C11H24N2O2/c1-4-13-9-7-5-6-8-11(2,3)15-10(12)14/h13H,4-9H2,1-3H3,(H2,12,14). The van der Waals surface area contributed by atoms with Gasteiger partial charge < -0.3 is 15.8 Å². The Kier molecular flexibility index (Phi) is 7.13. The van der Waals surface area contributed by atoms with Crippen molar-refractivity contribution in [2.75, 3.05) is 13.1 Å². The summed E-state index contributed by atoms with van der Waals surface area (Å²) in [6.45, 7) is 7.97. The fraction of sp³-hybridized carbons (Fsp3) is 0.909. The normalized spacial score (nSPS) is 11.4. The molecule has 4 nitrogen and oxygen atoms in total. The topological polar surface area (TPSA) is 64.3 Å². The van der Waals surface area contributed by atoms with Gasteiger partial charge in [-0.15, -0.1) is 0 Å². The minimum atomic E-state index is -0.687. The van der Waals surface area contributed by atoms with E-state index in [1.165, 1.54) is 6.42 Å². The van der Waals surface area contributed by atoms with Crippen LogP contribution in [0.15, 0.2) is 0 Å². The fourth-order valence-electron chi connectivity index (χ4n) is 1.48. The summed E-state index contributed by atoms with van der Waals surface area (Å²) in [4.78, 5) is 10.6. The molecule has 3 N–H and O–H groups in total. The van der Waals surface area contributed by atoms with E-state index in [4.69, 9.17) is 10.5 Å². The average molecular weight is 216 g/mol. The minimum absolute atomic E-state index is 0.427. The third kappa shape index (κ3) is 9.53. The van der Waals surface area contributed by atoms with E-state index in [9.17, 15) is 4.79 Å². The minimum Gasteiger partial charge on any atom is -0.444 e. The lowest BCUT2D eigenvalue weighted by atomic mass is 10.0. The average Bonchev–Trinajstić information content (AvgIpc) is 2.08. The van der Waals surface area contributed by atoms with Crippen LogP contribution in [-0.4, -0.2) is 24.8 Å². The van der Waals surface area contributed by atoms with Gasteiger partial charge in [0, 0.05) is 0 Å². The zero-order valence-electron chi connectivity index (χ0n) is 10.1. The maximum atomic E-state index is 10.6. The third-order valence-electron chi connectivity index (χ3n) is 2.26. The molecule has 0 aliphatic carbocycles. The van der Waals surface area contributed by atoms with Crippen LogP contribution >= 0.6 is 0 Å². The van der Waals surface area contributed by atoms with Crippen LogP contribution in [0, 0.1) is 0 Å². The molecule has 0 aromatic heterocycles. The summed E-state index contributed by atoms with van der Waals surface area (Å²) in [6, 6.07) is 0. The monoisotopic (exact) mass is 216 g/mol. The van der Waals surface area contributed by atoms with Crippen LogP contribution in [0.5, 0.6) is 0 Å². The van der Waals surface area contributed by atoms with Crippen molar-refractivity contribution >= 4 is 6.09 Å². The molecule has 0 rings (SSSR count). The van der Waals surface area contributed by atoms with Crippen LogP contribution < -0.4 is 11.1 Å². The molecule has 0 heterocycles. The van der Waals surface area contributed by atoms with Gasteiger partial charge in [-0.05, 0) is 46.2 Å². The van der Waals surface area contributed by atoms with Crippen molar-refractivity contribution in [3.8, 4) is 0 Å². The predicted molar refractivity (Wildman–Crippen MR) is 61.8 cm³/mol. The van der Waals surface area contributed by atoms with Crippen molar-refractivity contribution in [3.63, 3.8) is 0 Å². The van der Waals surface area contributed by atoms with Crippen LogP contribution in [0.1, 0.15) is 46.5 Å². The highest BCUT2D eigenvalue weighted by Gasteiger charge is 2.20. The molecule has 1 amide bonds. The maximum Gasteiger partial charge on any atom is 0.405 e. The molecule has 0 unspecified atom stereocenters. The van der Waals surface area contributed by atoms with E-state index in [-0.39, 0.29) is 0 Å². The van der Waals surface area contributed by atoms with Crippen LogP contribution in [0.4, 0.5) is 4.79 Å². The number of carbonyl (C=O) groups is 1. The first kappa shape index (κ1) is 14.2. The zero-order chi connectivity index (χ0) is 11.7. The van der Waals surface area contributed by atoms with Crippen LogP contribution in [-0.2, 0) is 4.74 Å². The van der Waals surface area contributed by atoms with E-state index >= 15 is 0 Å². The zero-order valence-corrected chi connectivity index (χ0v) is 10.1. The van der Waals surface area contributed by atoms with Crippen molar-refractivity contribution < 1.29 is 9.53 Å². The summed E-state index contributed by atoms with van der Waals surface area (Å²) >= 11 is 0. The largest absolute Gasteiger partial charge is 0.444 e. The number of rotatable bonds is 8. The Morgan fingerprint density at radius 3 is 2.53 bits per heavy atom. The summed E-state index contributed by atoms with van der Waals surface area (Å²) in [7, 11) is 0. The SMILES string of the molecule is CCNCCCCCC(C)(C)OC(N)=O. The number of unbranched alkanes of at least 4 members (excludes halogenated alkanes) is 2. The van der Waals surface area contributed by atoms with Crippen molar-refractivity contribution in [3.05, 3.63) is 0 Å². The van der Waals surface area contributed by atoms with E-state index < -0.39 is 11.7 Å². The number of carbonyl (C=O) groups excluding carboxylic acids is 1. The molecule has 0 aliphatic rings. The first-order valence-electron chi connectivity index (χ1n) is 5.67. The van der Waals surface area contributed by atoms with Crippen LogP contribution in [0.2, 0.25) is 0 Å². The van der Waals surface area contributed by atoms with Gasteiger partial charge >= 0.3 is 6.09 Å². The number of hydrogen-bond donors (Lipinski definition) is 2. The second-order valence-electron chi connectivity index (χ2n) is 4.35. The quantitative estimate of drug-likeness (QED) is 0.610. The van der Waals surface area contributed by atoms with Gasteiger partial charge in [-0.2, -0.15) is 0 Å². The molecule has 0 aromatic rings. The highest BCUT2D eigenvalue weighted by molar-refractivity contribution is 5.65. The molecule has 0 bridgehead atoms. The molecule has 0 fully saturated rings. The number of nitrogens with one attached hydrogen (secondary N) is 1. The molecule has 0 radical (unpaired) electrons. The van der Waals surface area contributed by atoms with E-state index in [0.29, 0.717) is 0 Å². The Labute approximate surface area is 92.6 Å². The van der Waals surface area contributed by atoms with E-state index in [0.717, 1.165) is 32.4 Å². The van der Waals surface area contributed by atoms with Gasteiger partial charge in [-0.25, -0.2) is 4.79 Å². The number of hydrogen-bond acceptors (Lipinski definition) is 3. The summed E-state index contributed by atoms with van der Waals surface area (Å²) in [6.07, 6.45) is 3.56. The summed E-state index contributed by atoms with van der Waals surface area (Å²) in [5.74, 6) is 0.